The Morgan fingerprint density at radius 1 is 1.53 bits per heavy atom. The van der Waals surface area contributed by atoms with Crippen molar-refractivity contribution in [3.63, 3.8) is 0 Å². The Kier molecular flexibility index (Phi) is 2.69. The molecule has 0 amide bonds. The maximum absolute atomic E-state index is 11.6. The van der Waals surface area contributed by atoms with Crippen molar-refractivity contribution in [1.29, 1.82) is 0 Å². The molecule has 1 fully saturated rings. The van der Waals surface area contributed by atoms with Gasteiger partial charge in [0.05, 0.1) is 11.5 Å². The van der Waals surface area contributed by atoms with Crippen molar-refractivity contribution in [1.82, 2.24) is 10.1 Å². The second-order valence-corrected chi connectivity index (χ2v) is 6.67. The zero-order valence-electron chi connectivity index (χ0n) is 9.21. The van der Waals surface area contributed by atoms with E-state index in [1.807, 2.05) is 0 Å². The first-order valence-corrected chi connectivity index (χ1v) is 6.92. The highest BCUT2D eigenvalue weighted by atomic mass is 32.2. The Balaban J connectivity index is 2.34. The minimum atomic E-state index is -3.12. The van der Waals surface area contributed by atoms with Crippen LogP contribution in [-0.4, -0.2) is 41.1 Å². The van der Waals surface area contributed by atoms with Gasteiger partial charge in [-0.2, -0.15) is 4.98 Å². The van der Waals surface area contributed by atoms with Crippen LogP contribution in [0.5, 0.6) is 0 Å². The van der Waals surface area contributed by atoms with Crippen molar-refractivity contribution in [3.05, 3.63) is 11.7 Å². The summed E-state index contributed by atoms with van der Waals surface area (Å²) in [5.41, 5.74) is -0.756. The van der Waals surface area contributed by atoms with Gasteiger partial charge in [-0.25, -0.2) is 13.2 Å². The van der Waals surface area contributed by atoms with Crippen molar-refractivity contribution < 1.29 is 22.8 Å². The molecule has 2 heterocycles. The molecule has 0 radical (unpaired) electrons. The standard InChI is InChI=1S/C9H12N2O5S/c1-9(3-2-4-17(14,15)5-9)8-10-6(7(12)13)16-11-8/h2-5H2,1H3,(H,12,13). The number of carbonyl (C=O) groups is 1. The fraction of sp³-hybridized carbons (Fsp3) is 0.667. The predicted molar refractivity (Wildman–Crippen MR) is 56.5 cm³/mol. The van der Waals surface area contributed by atoms with Crippen LogP contribution in [0, 0.1) is 0 Å². The first-order valence-electron chi connectivity index (χ1n) is 5.10. The third kappa shape index (κ3) is 2.31. The van der Waals surface area contributed by atoms with Gasteiger partial charge < -0.3 is 9.63 Å². The van der Waals surface area contributed by atoms with E-state index in [4.69, 9.17) is 5.11 Å². The minimum absolute atomic E-state index is 0.0708. The second kappa shape index (κ2) is 3.80. The molecule has 0 bridgehead atoms. The summed E-state index contributed by atoms with van der Waals surface area (Å²) in [6.07, 6.45) is 1.13. The van der Waals surface area contributed by atoms with Gasteiger partial charge in [-0.1, -0.05) is 12.1 Å². The maximum Gasteiger partial charge on any atom is 0.394 e. The fourth-order valence-electron chi connectivity index (χ4n) is 2.04. The first kappa shape index (κ1) is 12.0. The Labute approximate surface area is 97.7 Å². The lowest BCUT2D eigenvalue weighted by molar-refractivity contribution is 0.0643. The van der Waals surface area contributed by atoms with Crippen molar-refractivity contribution in [3.8, 4) is 0 Å². The smallest absolute Gasteiger partial charge is 0.394 e. The molecule has 1 unspecified atom stereocenters. The lowest BCUT2D eigenvalue weighted by atomic mass is 9.86. The van der Waals surface area contributed by atoms with E-state index in [0.29, 0.717) is 12.8 Å². The van der Waals surface area contributed by atoms with Gasteiger partial charge >= 0.3 is 11.9 Å². The molecular weight excluding hydrogens is 248 g/mol. The lowest BCUT2D eigenvalue weighted by Crippen LogP contribution is -2.38. The van der Waals surface area contributed by atoms with Crippen LogP contribution in [0.25, 0.3) is 0 Å². The Morgan fingerprint density at radius 2 is 2.24 bits per heavy atom. The van der Waals surface area contributed by atoms with Gasteiger partial charge in [0.2, 0.25) is 0 Å². The van der Waals surface area contributed by atoms with Crippen LogP contribution in [0.4, 0.5) is 0 Å². The molecule has 1 aliphatic rings. The molecule has 7 nitrogen and oxygen atoms in total. The van der Waals surface area contributed by atoms with Gasteiger partial charge in [0, 0.05) is 5.41 Å². The number of rotatable bonds is 2. The molecule has 94 valence electrons. The van der Waals surface area contributed by atoms with Crippen molar-refractivity contribution in [2.45, 2.75) is 25.2 Å². The summed E-state index contributed by atoms with van der Waals surface area (Å²) >= 11 is 0. The molecule has 1 saturated heterocycles. The number of carboxylic acids is 1. The molecule has 0 saturated carbocycles. The summed E-state index contributed by atoms with van der Waals surface area (Å²) in [6, 6.07) is 0. The van der Waals surface area contributed by atoms with E-state index in [2.05, 4.69) is 14.7 Å². The fourth-order valence-corrected chi connectivity index (χ4v) is 4.02. The third-order valence-electron chi connectivity index (χ3n) is 2.87. The van der Waals surface area contributed by atoms with Crippen LogP contribution in [0.1, 0.15) is 36.3 Å². The Bertz CT molecular complexity index is 549. The van der Waals surface area contributed by atoms with Crippen LogP contribution in [0.3, 0.4) is 0 Å². The lowest BCUT2D eigenvalue weighted by Gasteiger charge is -2.29. The van der Waals surface area contributed by atoms with Gasteiger partial charge in [-0.3, -0.25) is 0 Å². The zero-order valence-corrected chi connectivity index (χ0v) is 10.0. The average molecular weight is 260 g/mol. The molecular formula is C9H12N2O5S. The molecule has 0 aromatic carbocycles. The van der Waals surface area contributed by atoms with E-state index in [1.165, 1.54) is 0 Å². The van der Waals surface area contributed by atoms with Gasteiger partial charge in [0.15, 0.2) is 15.7 Å². The normalized spacial score (nSPS) is 27.8. The van der Waals surface area contributed by atoms with E-state index >= 15 is 0 Å². The number of carboxylic acid groups (broad SMARTS) is 1. The summed E-state index contributed by atoms with van der Waals surface area (Å²) in [5.74, 6) is -1.58. The molecule has 2 rings (SSSR count). The van der Waals surface area contributed by atoms with Gasteiger partial charge in [-0.05, 0) is 12.8 Å². The summed E-state index contributed by atoms with van der Waals surface area (Å²) in [7, 11) is -3.12. The van der Waals surface area contributed by atoms with Crippen LogP contribution >= 0.6 is 0 Å². The molecule has 1 aliphatic heterocycles. The van der Waals surface area contributed by atoms with Crippen LogP contribution in [0.15, 0.2) is 4.52 Å². The van der Waals surface area contributed by atoms with E-state index in [9.17, 15) is 13.2 Å². The topological polar surface area (TPSA) is 110 Å². The maximum atomic E-state index is 11.6. The number of sulfone groups is 1. The molecule has 0 spiro atoms. The number of aromatic carboxylic acids is 1. The Morgan fingerprint density at radius 3 is 2.76 bits per heavy atom. The van der Waals surface area contributed by atoms with E-state index < -0.39 is 27.1 Å². The monoisotopic (exact) mass is 260 g/mol. The van der Waals surface area contributed by atoms with Crippen LogP contribution in [0.2, 0.25) is 0 Å². The molecule has 17 heavy (non-hydrogen) atoms. The van der Waals surface area contributed by atoms with Crippen molar-refractivity contribution in [2.24, 2.45) is 0 Å². The van der Waals surface area contributed by atoms with Gasteiger partial charge in [-0.15, -0.1) is 0 Å². The largest absolute Gasteiger partial charge is 0.474 e. The van der Waals surface area contributed by atoms with Crippen LogP contribution in [-0.2, 0) is 15.3 Å². The van der Waals surface area contributed by atoms with E-state index in [1.54, 1.807) is 6.92 Å². The number of aromatic nitrogens is 2. The summed E-state index contributed by atoms with van der Waals surface area (Å²) in [5, 5.41) is 12.2. The predicted octanol–water partition coefficient (Wildman–Crippen LogP) is 0.234. The highest BCUT2D eigenvalue weighted by Crippen LogP contribution is 2.32. The highest BCUT2D eigenvalue weighted by Gasteiger charge is 2.40. The summed E-state index contributed by atoms with van der Waals surface area (Å²) < 4.78 is 27.7. The SMILES string of the molecule is CC1(c2noc(C(=O)O)n2)CCCS(=O)(=O)C1. The van der Waals surface area contributed by atoms with Gasteiger partial charge in [0.25, 0.3) is 0 Å². The van der Waals surface area contributed by atoms with Crippen LogP contribution < -0.4 is 0 Å². The van der Waals surface area contributed by atoms with Gasteiger partial charge in [0.1, 0.15) is 0 Å². The van der Waals surface area contributed by atoms with Crippen molar-refractivity contribution in [2.75, 3.05) is 11.5 Å². The first-order chi connectivity index (χ1) is 7.82. The molecule has 1 atom stereocenters. The molecule has 1 aromatic heterocycles. The number of nitrogens with zero attached hydrogens (tertiary/aromatic N) is 2. The zero-order chi connectivity index (χ0) is 12.7. The third-order valence-corrected chi connectivity index (χ3v) is 4.86. The summed E-state index contributed by atoms with van der Waals surface area (Å²) in [4.78, 5) is 14.3. The van der Waals surface area contributed by atoms with E-state index in [-0.39, 0.29) is 17.3 Å². The molecule has 0 aliphatic carbocycles. The van der Waals surface area contributed by atoms with E-state index in [0.717, 1.165) is 0 Å². The molecule has 1 N–H and O–H groups in total. The summed E-state index contributed by atoms with van der Waals surface area (Å²) in [6.45, 7) is 1.71. The Hall–Kier alpha value is -1.44. The number of hydrogen-bond donors (Lipinski definition) is 1. The van der Waals surface area contributed by atoms with Crippen molar-refractivity contribution >= 4 is 15.8 Å². The molecule has 8 heteroatoms. The minimum Gasteiger partial charge on any atom is -0.474 e. The average Bonchev–Trinajstić information content (AvgIpc) is 2.64. The highest BCUT2D eigenvalue weighted by molar-refractivity contribution is 7.91. The second-order valence-electron chi connectivity index (χ2n) is 4.48. The number of hydrogen-bond acceptors (Lipinski definition) is 6. The molecule has 1 aromatic rings. The quantitative estimate of drug-likeness (QED) is 0.810.